The number of ether oxygens (including phenoxy) is 1. The van der Waals surface area contributed by atoms with E-state index in [0.29, 0.717) is 6.61 Å². The predicted molar refractivity (Wildman–Crippen MR) is 113 cm³/mol. The van der Waals surface area contributed by atoms with Crippen LogP contribution in [0.1, 0.15) is 55.1 Å². The van der Waals surface area contributed by atoms with Gasteiger partial charge in [0.1, 0.15) is 17.2 Å². The second kappa shape index (κ2) is 7.44. The smallest absolute Gasteiger partial charge is 0.141 e. The highest BCUT2D eigenvalue weighted by Crippen LogP contribution is 2.49. The van der Waals surface area contributed by atoms with Crippen molar-refractivity contribution in [1.82, 2.24) is 14.5 Å². The number of benzene rings is 1. The lowest BCUT2D eigenvalue weighted by Gasteiger charge is -2.52. The second-order valence-electron chi connectivity index (χ2n) is 9.22. The van der Waals surface area contributed by atoms with Gasteiger partial charge in [0.05, 0.1) is 6.61 Å². The van der Waals surface area contributed by atoms with Gasteiger partial charge in [-0.15, -0.1) is 0 Å². The average Bonchev–Trinajstić information content (AvgIpc) is 3.31. The maximum absolute atomic E-state index is 11.8. The summed E-state index contributed by atoms with van der Waals surface area (Å²) in [4.78, 5) is 7.10. The van der Waals surface area contributed by atoms with E-state index in [1.54, 1.807) is 0 Å². The lowest BCUT2D eigenvalue weighted by molar-refractivity contribution is -0.155. The summed E-state index contributed by atoms with van der Waals surface area (Å²) in [5.74, 6) is 2.38. The van der Waals surface area contributed by atoms with Crippen molar-refractivity contribution in [3.05, 3.63) is 47.0 Å². The molecule has 5 nitrogen and oxygen atoms in total. The molecule has 5 rings (SSSR count). The van der Waals surface area contributed by atoms with Gasteiger partial charge in [-0.25, -0.2) is 4.98 Å². The maximum atomic E-state index is 11.8. The highest BCUT2D eigenvalue weighted by atomic mass is 16.5. The lowest BCUT2D eigenvalue weighted by Crippen LogP contribution is -2.58. The van der Waals surface area contributed by atoms with E-state index in [1.807, 2.05) is 24.0 Å². The number of imidazole rings is 1. The van der Waals surface area contributed by atoms with Crippen LogP contribution in [0.25, 0.3) is 0 Å². The van der Waals surface area contributed by atoms with E-state index >= 15 is 0 Å². The number of piperidine rings is 1. The van der Waals surface area contributed by atoms with Crippen molar-refractivity contribution in [3.63, 3.8) is 0 Å². The van der Waals surface area contributed by atoms with Crippen molar-refractivity contribution in [2.24, 2.45) is 18.9 Å². The predicted octanol–water partition coefficient (Wildman–Crippen LogP) is 3.43. The fourth-order valence-corrected chi connectivity index (χ4v) is 6.10. The van der Waals surface area contributed by atoms with Crippen LogP contribution >= 0.6 is 0 Å². The molecule has 1 saturated carbocycles. The van der Waals surface area contributed by atoms with Crippen molar-refractivity contribution in [2.45, 2.75) is 57.6 Å². The monoisotopic (exact) mass is 395 g/mol. The molecule has 0 amide bonds. The second-order valence-corrected chi connectivity index (χ2v) is 9.22. The molecule has 2 bridgehead atoms. The first-order valence-electron chi connectivity index (χ1n) is 11.3. The summed E-state index contributed by atoms with van der Waals surface area (Å²) < 4.78 is 8.03. The minimum Gasteiger partial charge on any atom is -0.494 e. The zero-order chi connectivity index (χ0) is 20.0. The number of hydrogen-bond donors (Lipinski definition) is 1. The van der Waals surface area contributed by atoms with Crippen LogP contribution in [0.15, 0.2) is 24.5 Å². The number of likely N-dealkylation sites (tertiary alicyclic amines) is 1. The van der Waals surface area contributed by atoms with E-state index in [1.165, 1.54) is 42.4 Å². The molecular weight excluding hydrogens is 362 g/mol. The van der Waals surface area contributed by atoms with Crippen molar-refractivity contribution in [2.75, 3.05) is 19.7 Å². The summed E-state index contributed by atoms with van der Waals surface area (Å²) in [6, 6.07) is 4.68. The van der Waals surface area contributed by atoms with Crippen molar-refractivity contribution in [1.29, 1.82) is 0 Å². The molecule has 1 N–H and O–H groups in total. The van der Waals surface area contributed by atoms with Crippen LogP contribution in [0.5, 0.6) is 5.75 Å². The Kier molecular flexibility index (Phi) is 4.91. The van der Waals surface area contributed by atoms with E-state index in [0.717, 1.165) is 44.0 Å². The van der Waals surface area contributed by atoms with E-state index in [9.17, 15) is 5.11 Å². The number of aryl methyl sites for hydroxylation is 3. The SMILES string of the molecule is CCOc1cc2c(cc1CN1C[C@H]3CCC[C@H](C1)C3(O)c1nccn1C)CCC2. The zero-order valence-corrected chi connectivity index (χ0v) is 17.7. The number of nitrogens with zero attached hydrogens (tertiary/aromatic N) is 3. The molecule has 5 heteroatoms. The van der Waals surface area contributed by atoms with E-state index in [2.05, 4.69) is 28.9 Å². The van der Waals surface area contributed by atoms with Gasteiger partial charge in [0.25, 0.3) is 0 Å². The number of hydrogen-bond acceptors (Lipinski definition) is 4. The molecule has 3 aliphatic rings. The molecule has 1 aromatic carbocycles. The standard InChI is InChI=1S/C24H33N3O2/c1-3-29-22-13-18-7-4-6-17(18)12-19(22)14-27-15-20-8-5-9-21(16-27)24(20,28)23-25-10-11-26(23)2/h10-13,20-21,28H,3-9,14-16H2,1-2H3/t20-,21-/m1/s1. The third-order valence-corrected chi connectivity index (χ3v) is 7.46. The van der Waals surface area contributed by atoms with Crippen LogP contribution in [0.4, 0.5) is 0 Å². The van der Waals surface area contributed by atoms with Crippen LogP contribution in [-0.2, 0) is 32.0 Å². The Balaban J connectivity index is 1.41. The Bertz CT molecular complexity index is 876. The van der Waals surface area contributed by atoms with Gasteiger partial charge in [-0.05, 0) is 56.2 Å². The molecule has 1 saturated heterocycles. The van der Waals surface area contributed by atoms with Gasteiger partial charge in [-0.1, -0.05) is 12.5 Å². The number of aliphatic hydroxyl groups is 1. The lowest BCUT2D eigenvalue weighted by atomic mass is 9.65. The van der Waals surface area contributed by atoms with Gasteiger partial charge in [0, 0.05) is 56.5 Å². The van der Waals surface area contributed by atoms with Gasteiger partial charge >= 0.3 is 0 Å². The first-order valence-corrected chi connectivity index (χ1v) is 11.3. The molecule has 2 heterocycles. The fraction of sp³-hybridized carbons (Fsp3) is 0.625. The minimum absolute atomic E-state index is 0.237. The van der Waals surface area contributed by atoms with Gasteiger partial charge in [-0.2, -0.15) is 0 Å². The first kappa shape index (κ1) is 19.1. The molecule has 2 fully saturated rings. The van der Waals surface area contributed by atoms with E-state index in [4.69, 9.17) is 4.74 Å². The largest absolute Gasteiger partial charge is 0.494 e. The van der Waals surface area contributed by atoms with Crippen LogP contribution < -0.4 is 4.74 Å². The molecule has 0 radical (unpaired) electrons. The summed E-state index contributed by atoms with van der Waals surface area (Å²) >= 11 is 0. The Morgan fingerprint density at radius 1 is 1.14 bits per heavy atom. The molecule has 2 atom stereocenters. The topological polar surface area (TPSA) is 50.5 Å². The Labute approximate surface area is 173 Å². The van der Waals surface area contributed by atoms with Gasteiger partial charge in [0.15, 0.2) is 0 Å². The van der Waals surface area contributed by atoms with Crippen LogP contribution in [0.2, 0.25) is 0 Å². The van der Waals surface area contributed by atoms with Crippen LogP contribution in [-0.4, -0.2) is 39.3 Å². The van der Waals surface area contributed by atoms with Crippen molar-refractivity contribution in [3.8, 4) is 5.75 Å². The molecule has 0 unspecified atom stereocenters. The van der Waals surface area contributed by atoms with Crippen LogP contribution in [0, 0.1) is 11.8 Å². The van der Waals surface area contributed by atoms with Gasteiger partial charge in [-0.3, -0.25) is 4.90 Å². The van der Waals surface area contributed by atoms with E-state index < -0.39 is 5.60 Å². The third kappa shape index (κ3) is 3.19. The molecule has 2 aliphatic carbocycles. The van der Waals surface area contributed by atoms with Crippen molar-refractivity contribution >= 4 is 0 Å². The molecule has 2 aromatic rings. The summed E-state index contributed by atoms with van der Waals surface area (Å²) in [6.07, 6.45) is 10.7. The Morgan fingerprint density at radius 2 is 1.86 bits per heavy atom. The quantitative estimate of drug-likeness (QED) is 0.843. The third-order valence-electron chi connectivity index (χ3n) is 7.46. The van der Waals surface area contributed by atoms with Crippen molar-refractivity contribution < 1.29 is 9.84 Å². The fourth-order valence-electron chi connectivity index (χ4n) is 6.10. The number of rotatable bonds is 5. The van der Waals surface area contributed by atoms with Crippen LogP contribution in [0.3, 0.4) is 0 Å². The summed E-state index contributed by atoms with van der Waals surface area (Å²) in [6.45, 7) is 5.52. The Hall–Kier alpha value is -1.85. The normalized spacial score (nSPS) is 29.1. The average molecular weight is 396 g/mol. The first-order chi connectivity index (χ1) is 14.1. The Morgan fingerprint density at radius 3 is 2.52 bits per heavy atom. The molecule has 156 valence electrons. The molecule has 0 spiro atoms. The maximum Gasteiger partial charge on any atom is 0.141 e. The summed E-state index contributed by atoms with van der Waals surface area (Å²) in [7, 11) is 2.00. The zero-order valence-electron chi connectivity index (χ0n) is 17.7. The molecular formula is C24H33N3O2. The highest BCUT2D eigenvalue weighted by Gasteiger charge is 2.53. The summed E-state index contributed by atoms with van der Waals surface area (Å²) in [5.41, 5.74) is 3.49. The molecule has 1 aromatic heterocycles. The number of fused-ring (bicyclic) bond motifs is 3. The van der Waals surface area contributed by atoms with Gasteiger partial charge in [0.2, 0.25) is 0 Å². The highest BCUT2D eigenvalue weighted by molar-refractivity contribution is 5.45. The molecule has 1 aliphatic heterocycles. The minimum atomic E-state index is -0.798. The molecule has 29 heavy (non-hydrogen) atoms. The number of aromatic nitrogens is 2. The van der Waals surface area contributed by atoms with E-state index in [-0.39, 0.29) is 11.8 Å². The summed E-state index contributed by atoms with van der Waals surface area (Å²) in [5, 5.41) is 11.8. The van der Waals surface area contributed by atoms with Gasteiger partial charge < -0.3 is 14.4 Å².